The highest BCUT2D eigenvalue weighted by Crippen LogP contribution is 2.14. The van der Waals surface area contributed by atoms with Crippen LogP contribution in [-0.2, 0) is 4.79 Å². The van der Waals surface area contributed by atoms with E-state index in [1.54, 1.807) is 6.92 Å². The topological polar surface area (TPSA) is 55.1 Å². The highest BCUT2D eigenvalue weighted by molar-refractivity contribution is 5.73. The van der Waals surface area contributed by atoms with Gasteiger partial charge in [0.2, 0.25) is 5.91 Å². The van der Waals surface area contributed by atoms with Crippen LogP contribution in [0.3, 0.4) is 0 Å². The van der Waals surface area contributed by atoms with E-state index in [0.29, 0.717) is 6.42 Å². The van der Waals surface area contributed by atoms with Gasteiger partial charge in [-0.1, -0.05) is 27.2 Å². The third-order valence-corrected chi connectivity index (χ3v) is 2.85. The van der Waals surface area contributed by atoms with E-state index < -0.39 is 0 Å². The number of amides is 1. The molecule has 1 atom stereocenters. The van der Waals surface area contributed by atoms with Crippen LogP contribution >= 0.6 is 0 Å². The number of nitrogens with one attached hydrogen (secondary N) is 1. The minimum absolute atomic E-state index is 0. The van der Waals surface area contributed by atoms with Crippen LogP contribution in [-0.4, -0.2) is 18.5 Å². The molecule has 1 amide bonds. The molecule has 0 aromatic rings. The number of piperidine rings is 1. The fourth-order valence-electron chi connectivity index (χ4n) is 1.70. The molecule has 3 N–H and O–H groups in total. The van der Waals surface area contributed by atoms with Crippen LogP contribution in [0.25, 0.3) is 0 Å². The molecule has 1 rings (SSSR count). The van der Waals surface area contributed by atoms with Crippen molar-refractivity contribution >= 4 is 5.91 Å². The van der Waals surface area contributed by atoms with E-state index in [1.807, 2.05) is 0 Å². The smallest absolute Gasteiger partial charge is 0.217 e. The van der Waals surface area contributed by atoms with Gasteiger partial charge in [0.25, 0.3) is 0 Å². The Morgan fingerprint density at radius 1 is 1.50 bits per heavy atom. The summed E-state index contributed by atoms with van der Waals surface area (Å²) >= 11 is 0. The van der Waals surface area contributed by atoms with Gasteiger partial charge in [0.05, 0.1) is 0 Å². The molecule has 0 aromatic carbocycles. The molecule has 0 bridgehead atoms. The second-order valence-corrected chi connectivity index (χ2v) is 4.94. The number of primary amides is 1. The third kappa shape index (κ3) is 9.97. The zero-order chi connectivity index (χ0) is 12.4. The molecule has 1 aliphatic rings. The van der Waals surface area contributed by atoms with Gasteiger partial charge in [-0.15, -0.1) is 0 Å². The van der Waals surface area contributed by atoms with Gasteiger partial charge in [-0.2, -0.15) is 0 Å². The van der Waals surface area contributed by atoms with E-state index in [-0.39, 0.29) is 8.76 Å². The SMILES string of the molecule is CC(C)CC[C@@H]1CCCCN1.CCC(N)=O.[HH].[HH]. The molecule has 1 aliphatic heterocycles. The standard InChI is InChI=1S/C10H21N.C3H7NO.2H2/c1-9(2)6-7-10-5-3-4-8-11-10;1-2-3(4)5;;/h9-11H,3-8H2,1-2H3;2H2,1H3,(H2,4,5);2*1H/t10-;;;/m0.../s1. The summed E-state index contributed by atoms with van der Waals surface area (Å²) in [6, 6.07) is 0.839. The highest BCUT2D eigenvalue weighted by atomic mass is 16.1. The van der Waals surface area contributed by atoms with Crippen LogP contribution in [0.4, 0.5) is 0 Å². The molecule has 0 radical (unpaired) electrons. The highest BCUT2D eigenvalue weighted by Gasteiger charge is 2.11. The predicted molar refractivity (Wildman–Crippen MR) is 73.4 cm³/mol. The molecular formula is C13H32N2O. The lowest BCUT2D eigenvalue weighted by molar-refractivity contribution is -0.117. The van der Waals surface area contributed by atoms with Crippen LogP contribution < -0.4 is 11.1 Å². The number of carbonyl (C=O) groups is 1. The van der Waals surface area contributed by atoms with Crippen molar-refractivity contribution in [2.24, 2.45) is 11.7 Å². The monoisotopic (exact) mass is 232 g/mol. The van der Waals surface area contributed by atoms with E-state index in [0.717, 1.165) is 12.0 Å². The first-order chi connectivity index (χ1) is 7.56. The first-order valence-electron chi connectivity index (χ1n) is 6.58. The Balaban J connectivity index is -0.000000282. The Labute approximate surface area is 103 Å². The molecular weight excluding hydrogens is 200 g/mol. The van der Waals surface area contributed by atoms with Crippen molar-refractivity contribution in [2.75, 3.05) is 6.54 Å². The van der Waals surface area contributed by atoms with Crippen LogP contribution in [0.15, 0.2) is 0 Å². The summed E-state index contributed by atoms with van der Waals surface area (Å²) in [5.74, 6) is 0.628. The van der Waals surface area contributed by atoms with Gasteiger partial charge >= 0.3 is 0 Å². The molecule has 16 heavy (non-hydrogen) atoms. The van der Waals surface area contributed by atoms with E-state index in [1.165, 1.54) is 38.6 Å². The summed E-state index contributed by atoms with van der Waals surface area (Å²) in [6.45, 7) is 7.59. The quantitative estimate of drug-likeness (QED) is 0.783. The van der Waals surface area contributed by atoms with Gasteiger partial charge in [-0.05, 0) is 38.1 Å². The average molecular weight is 232 g/mol. The van der Waals surface area contributed by atoms with Crippen molar-refractivity contribution in [2.45, 2.75) is 65.3 Å². The van der Waals surface area contributed by atoms with Crippen LogP contribution in [0.5, 0.6) is 0 Å². The lowest BCUT2D eigenvalue weighted by Crippen LogP contribution is -2.33. The average Bonchev–Trinajstić information content (AvgIpc) is 2.28. The van der Waals surface area contributed by atoms with Crippen LogP contribution in [0.2, 0.25) is 0 Å². The molecule has 0 aromatic heterocycles. The van der Waals surface area contributed by atoms with Crippen molar-refractivity contribution in [1.29, 1.82) is 0 Å². The van der Waals surface area contributed by atoms with Gasteiger partial charge < -0.3 is 11.1 Å². The van der Waals surface area contributed by atoms with Gasteiger partial charge in [-0.3, -0.25) is 4.79 Å². The molecule has 1 saturated heterocycles. The second-order valence-electron chi connectivity index (χ2n) is 4.94. The summed E-state index contributed by atoms with van der Waals surface area (Å²) in [5, 5.41) is 3.57. The Morgan fingerprint density at radius 2 is 2.12 bits per heavy atom. The summed E-state index contributed by atoms with van der Waals surface area (Å²) in [7, 11) is 0. The van der Waals surface area contributed by atoms with Crippen molar-refractivity contribution in [3.05, 3.63) is 0 Å². The molecule has 0 aliphatic carbocycles. The molecule has 3 nitrogen and oxygen atoms in total. The lowest BCUT2D eigenvalue weighted by atomic mass is 9.97. The third-order valence-electron chi connectivity index (χ3n) is 2.85. The molecule has 3 heteroatoms. The lowest BCUT2D eigenvalue weighted by Gasteiger charge is -2.23. The predicted octanol–water partition coefficient (Wildman–Crippen LogP) is 2.94. The van der Waals surface area contributed by atoms with Crippen molar-refractivity contribution in [1.82, 2.24) is 5.32 Å². The van der Waals surface area contributed by atoms with Crippen molar-refractivity contribution in [3.8, 4) is 0 Å². The summed E-state index contributed by atoms with van der Waals surface area (Å²) < 4.78 is 0. The minimum Gasteiger partial charge on any atom is -0.370 e. The molecule has 1 fully saturated rings. The number of hydrogen-bond acceptors (Lipinski definition) is 2. The Bertz CT molecular complexity index is 184. The van der Waals surface area contributed by atoms with Crippen molar-refractivity contribution in [3.63, 3.8) is 0 Å². The zero-order valence-electron chi connectivity index (χ0n) is 11.1. The number of hydrogen-bond donors (Lipinski definition) is 2. The first kappa shape index (κ1) is 15.4. The fraction of sp³-hybridized carbons (Fsp3) is 0.923. The van der Waals surface area contributed by atoms with Gasteiger partial charge in [0.15, 0.2) is 0 Å². The Kier molecular flexibility index (Phi) is 9.30. The van der Waals surface area contributed by atoms with Crippen LogP contribution in [0, 0.1) is 5.92 Å². The summed E-state index contributed by atoms with van der Waals surface area (Å²) in [4.78, 5) is 9.59. The molecule has 0 spiro atoms. The maximum absolute atomic E-state index is 9.59. The molecule has 100 valence electrons. The number of rotatable bonds is 4. The zero-order valence-corrected chi connectivity index (χ0v) is 11.1. The maximum Gasteiger partial charge on any atom is 0.217 e. The van der Waals surface area contributed by atoms with Crippen molar-refractivity contribution < 1.29 is 7.65 Å². The van der Waals surface area contributed by atoms with E-state index in [2.05, 4.69) is 24.9 Å². The van der Waals surface area contributed by atoms with E-state index in [4.69, 9.17) is 0 Å². The first-order valence-corrected chi connectivity index (χ1v) is 6.58. The Morgan fingerprint density at radius 3 is 2.50 bits per heavy atom. The van der Waals surface area contributed by atoms with E-state index >= 15 is 0 Å². The number of carbonyl (C=O) groups excluding carboxylic acids is 1. The fourth-order valence-corrected chi connectivity index (χ4v) is 1.70. The minimum atomic E-state index is -0.245. The second kappa shape index (κ2) is 9.64. The molecule has 0 saturated carbocycles. The molecule has 0 unspecified atom stereocenters. The van der Waals surface area contributed by atoms with E-state index in [9.17, 15) is 4.79 Å². The number of nitrogens with two attached hydrogens (primary N) is 1. The Hall–Kier alpha value is -0.570. The molecule has 1 heterocycles. The normalized spacial score (nSPS) is 20.1. The largest absolute Gasteiger partial charge is 0.370 e. The van der Waals surface area contributed by atoms with Gasteiger partial charge in [0.1, 0.15) is 0 Å². The maximum atomic E-state index is 9.59. The summed E-state index contributed by atoms with van der Waals surface area (Å²) in [5.41, 5.74) is 4.65. The van der Waals surface area contributed by atoms with Gasteiger partial charge in [-0.25, -0.2) is 0 Å². The summed E-state index contributed by atoms with van der Waals surface area (Å²) in [6.07, 6.45) is 7.45. The van der Waals surface area contributed by atoms with Gasteiger partial charge in [0, 0.05) is 15.3 Å². The van der Waals surface area contributed by atoms with Crippen LogP contribution in [0.1, 0.15) is 62.1 Å².